The molecule has 0 aliphatic rings. The van der Waals surface area contributed by atoms with Gasteiger partial charge in [0.05, 0.1) is 15.9 Å². The fraction of sp³-hybridized carbons (Fsp3) is 0.250. The maximum Gasteiger partial charge on any atom is 0.324 e. The van der Waals surface area contributed by atoms with E-state index in [1.54, 1.807) is 0 Å². The molecule has 0 radical (unpaired) electrons. The molecule has 1 aromatic heterocycles. The predicted molar refractivity (Wildman–Crippen MR) is 50.2 cm³/mol. The molecular formula is C8H6N2O3S. The summed E-state index contributed by atoms with van der Waals surface area (Å²) in [4.78, 5) is 21.4. The van der Waals surface area contributed by atoms with Crippen molar-refractivity contribution < 1.29 is 9.72 Å². The molecular weight excluding hydrogens is 204 g/mol. The molecule has 0 aliphatic carbocycles. The highest BCUT2D eigenvalue weighted by molar-refractivity contribution is 7.17. The molecule has 0 saturated heterocycles. The molecule has 0 amide bonds. The summed E-state index contributed by atoms with van der Waals surface area (Å²) in [6.45, 7) is 0. The highest BCUT2D eigenvalue weighted by atomic mass is 32.1. The summed E-state index contributed by atoms with van der Waals surface area (Å²) < 4.78 is 0. The van der Waals surface area contributed by atoms with E-state index in [0.29, 0.717) is 4.88 Å². The highest BCUT2D eigenvalue weighted by Gasteiger charge is 2.14. The first kappa shape index (κ1) is 10.3. The predicted octanol–water partition coefficient (Wildman–Crippen LogP) is 2.14. The zero-order chi connectivity index (χ0) is 10.6. The lowest BCUT2D eigenvalue weighted by Crippen LogP contribution is -1.93. The fourth-order valence-corrected chi connectivity index (χ4v) is 1.66. The van der Waals surface area contributed by atoms with Crippen molar-refractivity contribution >= 4 is 22.1 Å². The highest BCUT2D eigenvalue weighted by Crippen LogP contribution is 2.25. The second kappa shape index (κ2) is 4.48. The Morgan fingerprint density at radius 3 is 2.86 bits per heavy atom. The first-order valence-electron chi connectivity index (χ1n) is 3.79. The average Bonchev–Trinajstić information content (AvgIpc) is 2.62. The maximum atomic E-state index is 11.3. The Bertz CT molecular complexity index is 405. The van der Waals surface area contributed by atoms with Crippen LogP contribution in [-0.4, -0.2) is 10.7 Å². The van der Waals surface area contributed by atoms with Gasteiger partial charge in [-0.2, -0.15) is 5.26 Å². The lowest BCUT2D eigenvalue weighted by Gasteiger charge is -1.89. The number of thiophene rings is 1. The van der Waals surface area contributed by atoms with Crippen LogP contribution in [0.4, 0.5) is 5.00 Å². The average molecular weight is 210 g/mol. The molecule has 0 aliphatic heterocycles. The molecule has 1 rings (SSSR count). The Morgan fingerprint density at radius 2 is 2.36 bits per heavy atom. The Balaban J connectivity index is 2.72. The van der Waals surface area contributed by atoms with E-state index < -0.39 is 4.92 Å². The van der Waals surface area contributed by atoms with Crippen molar-refractivity contribution in [3.8, 4) is 6.07 Å². The molecule has 1 heterocycles. The van der Waals surface area contributed by atoms with E-state index in [1.807, 2.05) is 6.07 Å². The Kier molecular flexibility index (Phi) is 3.31. The van der Waals surface area contributed by atoms with Crippen molar-refractivity contribution in [3.05, 3.63) is 27.1 Å². The van der Waals surface area contributed by atoms with Gasteiger partial charge in [-0.3, -0.25) is 14.9 Å². The zero-order valence-corrected chi connectivity index (χ0v) is 7.91. The number of carbonyl (C=O) groups is 1. The number of carbonyl (C=O) groups excluding carboxylic acids is 1. The minimum atomic E-state index is -0.536. The third kappa shape index (κ3) is 2.37. The second-order valence-electron chi connectivity index (χ2n) is 2.48. The van der Waals surface area contributed by atoms with E-state index in [-0.39, 0.29) is 23.6 Å². The normalized spacial score (nSPS) is 9.36. The number of hydrogen-bond acceptors (Lipinski definition) is 5. The standard InChI is InChI=1S/C8H6N2O3S/c9-5-1-2-6(11)7-3-4-8(14-7)10(12)13/h3-4H,1-2H2. The third-order valence-electron chi connectivity index (χ3n) is 1.51. The summed E-state index contributed by atoms with van der Waals surface area (Å²) in [5.41, 5.74) is 0. The topological polar surface area (TPSA) is 84.0 Å². The minimum Gasteiger partial charge on any atom is -0.293 e. The summed E-state index contributed by atoms with van der Waals surface area (Å²) in [5.74, 6) is -0.218. The number of nitro groups is 1. The first-order valence-corrected chi connectivity index (χ1v) is 4.61. The van der Waals surface area contributed by atoms with Crippen LogP contribution in [0, 0.1) is 21.4 Å². The lowest BCUT2D eigenvalue weighted by molar-refractivity contribution is -0.380. The Hall–Kier alpha value is -1.74. The fourth-order valence-electron chi connectivity index (χ4n) is 0.868. The largest absolute Gasteiger partial charge is 0.324 e. The molecule has 0 aromatic carbocycles. The monoisotopic (exact) mass is 210 g/mol. The van der Waals surface area contributed by atoms with Crippen molar-refractivity contribution in [1.29, 1.82) is 5.26 Å². The van der Waals surface area contributed by atoms with Gasteiger partial charge in [0, 0.05) is 18.9 Å². The molecule has 0 N–H and O–H groups in total. The number of rotatable bonds is 4. The quantitative estimate of drug-likeness (QED) is 0.433. The molecule has 6 heteroatoms. The van der Waals surface area contributed by atoms with E-state index in [2.05, 4.69) is 0 Å². The van der Waals surface area contributed by atoms with Crippen LogP contribution in [0.5, 0.6) is 0 Å². The molecule has 0 unspecified atom stereocenters. The van der Waals surface area contributed by atoms with Crippen molar-refractivity contribution in [2.75, 3.05) is 0 Å². The molecule has 5 nitrogen and oxygen atoms in total. The van der Waals surface area contributed by atoms with Crippen molar-refractivity contribution in [2.24, 2.45) is 0 Å². The van der Waals surface area contributed by atoms with Gasteiger partial charge in [0.15, 0.2) is 5.78 Å². The number of ketones is 1. The summed E-state index contributed by atoms with van der Waals surface area (Å²) in [5, 5.41) is 18.5. The molecule has 72 valence electrons. The number of hydrogen-bond donors (Lipinski definition) is 0. The number of nitrogens with zero attached hydrogens (tertiary/aromatic N) is 2. The summed E-state index contributed by atoms with van der Waals surface area (Å²) in [7, 11) is 0. The van der Waals surface area contributed by atoms with Crippen LogP contribution in [0.3, 0.4) is 0 Å². The molecule has 0 saturated carbocycles. The van der Waals surface area contributed by atoms with Crippen LogP contribution < -0.4 is 0 Å². The number of nitriles is 1. The minimum absolute atomic E-state index is 0.0506. The van der Waals surface area contributed by atoms with E-state index in [4.69, 9.17) is 5.26 Å². The Morgan fingerprint density at radius 1 is 1.64 bits per heavy atom. The Labute approximate surface area is 83.7 Å². The van der Waals surface area contributed by atoms with Crippen molar-refractivity contribution in [2.45, 2.75) is 12.8 Å². The smallest absolute Gasteiger partial charge is 0.293 e. The van der Waals surface area contributed by atoms with Gasteiger partial charge in [-0.05, 0) is 6.07 Å². The first-order chi connectivity index (χ1) is 6.65. The van der Waals surface area contributed by atoms with E-state index >= 15 is 0 Å². The summed E-state index contributed by atoms with van der Waals surface area (Å²) in [6.07, 6.45) is 0.263. The van der Waals surface area contributed by atoms with Crippen LogP contribution >= 0.6 is 11.3 Å². The zero-order valence-electron chi connectivity index (χ0n) is 7.10. The summed E-state index contributed by atoms with van der Waals surface area (Å²) >= 11 is 0.841. The van der Waals surface area contributed by atoms with Crippen LogP contribution in [0.2, 0.25) is 0 Å². The van der Waals surface area contributed by atoms with Gasteiger partial charge >= 0.3 is 5.00 Å². The molecule has 0 spiro atoms. The van der Waals surface area contributed by atoms with Crippen molar-refractivity contribution in [3.63, 3.8) is 0 Å². The number of Topliss-reactive ketones (excluding diaryl/α,β-unsaturated/α-hetero) is 1. The molecule has 14 heavy (non-hydrogen) atoms. The molecule has 0 fully saturated rings. The van der Waals surface area contributed by atoms with Crippen LogP contribution in [0.25, 0.3) is 0 Å². The van der Waals surface area contributed by atoms with Crippen molar-refractivity contribution in [1.82, 2.24) is 0 Å². The van der Waals surface area contributed by atoms with Gasteiger partial charge in [0.25, 0.3) is 0 Å². The van der Waals surface area contributed by atoms with Gasteiger partial charge in [-0.1, -0.05) is 11.3 Å². The summed E-state index contributed by atoms with van der Waals surface area (Å²) in [6, 6.07) is 4.56. The van der Waals surface area contributed by atoms with Gasteiger partial charge in [-0.15, -0.1) is 0 Å². The second-order valence-corrected chi connectivity index (χ2v) is 3.54. The molecule has 0 bridgehead atoms. The van der Waals surface area contributed by atoms with Gasteiger partial charge in [-0.25, -0.2) is 0 Å². The molecule has 0 atom stereocenters. The maximum absolute atomic E-state index is 11.3. The lowest BCUT2D eigenvalue weighted by atomic mass is 10.2. The van der Waals surface area contributed by atoms with Gasteiger partial charge in [0.1, 0.15) is 0 Å². The van der Waals surface area contributed by atoms with E-state index in [0.717, 1.165) is 11.3 Å². The van der Waals surface area contributed by atoms with Crippen LogP contribution in [0.15, 0.2) is 12.1 Å². The third-order valence-corrected chi connectivity index (χ3v) is 2.59. The van der Waals surface area contributed by atoms with E-state index in [1.165, 1.54) is 12.1 Å². The SMILES string of the molecule is N#CCCC(=O)c1ccc([N+](=O)[O-])s1. The van der Waals surface area contributed by atoms with E-state index in [9.17, 15) is 14.9 Å². The van der Waals surface area contributed by atoms with Crippen LogP contribution in [-0.2, 0) is 0 Å². The molecule has 1 aromatic rings. The van der Waals surface area contributed by atoms with Gasteiger partial charge < -0.3 is 0 Å². The van der Waals surface area contributed by atoms with Crippen LogP contribution in [0.1, 0.15) is 22.5 Å². The van der Waals surface area contributed by atoms with Gasteiger partial charge in [0.2, 0.25) is 0 Å².